The number of carbonyl (C=O) groups excluding carboxylic acids is 2. The molecular formula is C22H16F3N3O4S. The summed E-state index contributed by atoms with van der Waals surface area (Å²) in [5, 5.41) is 11.4. The lowest BCUT2D eigenvalue weighted by Crippen LogP contribution is -2.31. The van der Waals surface area contributed by atoms with Crippen LogP contribution in [0.15, 0.2) is 60.1 Å². The zero-order valence-electron chi connectivity index (χ0n) is 17.3. The molecule has 0 bridgehead atoms. The molecule has 7 nitrogen and oxygen atoms in total. The van der Waals surface area contributed by atoms with Gasteiger partial charge < -0.3 is 9.84 Å². The molecule has 33 heavy (non-hydrogen) atoms. The number of Topliss-reactive ketones (excluding diaryl/α,β-unsaturated/α-hetero) is 1. The Morgan fingerprint density at radius 2 is 1.88 bits per heavy atom. The van der Waals surface area contributed by atoms with Crippen LogP contribution < -0.4 is 9.64 Å². The highest BCUT2D eigenvalue weighted by Gasteiger charge is 2.45. The molecule has 0 radical (unpaired) electrons. The topological polar surface area (TPSA) is 92.6 Å². The summed E-state index contributed by atoms with van der Waals surface area (Å²) < 4.78 is 42.1. The number of benzene rings is 1. The summed E-state index contributed by atoms with van der Waals surface area (Å²) in [6.07, 6.45) is -2.04. The van der Waals surface area contributed by atoms with E-state index < -0.39 is 35.6 Å². The van der Waals surface area contributed by atoms with Crippen LogP contribution in [0.25, 0.3) is 0 Å². The Bertz CT molecular complexity index is 1270. The molecule has 0 aliphatic carbocycles. The monoisotopic (exact) mass is 475 g/mol. The third kappa shape index (κ3) is 4.31. The van der Waals surface area contributed by atoms with Crippen LogP contribution in [-0.2, 0) is 4.79 Å². The Morgan fingerprint density at radius 3 is 2.48 bits per heavy atom. The van der Waals surface area contributed by atoms with Gasteiger partial charge in [-0.1, -0.05) is 6.07 Å². The predicted molar refractivity (Wildman–Crippen MR) is 113 cm³/mol. The van der Waals surface area contributed by atoms with Crippen LogP contribution in [-0.4, -0.2) is 33.1 Å². The lowest BCUT2D eigenvalue weighted by atomic mass is 9.95. The van der Waals surface area contributed by atoms with E-state index in [1.165, 1.54) is 24.5 Å². The quantitative estimate of drug-likeness (QED) is 0.531. The summed E-state index contributed by atoms with van der Waals surface area (Å²) in [6, 6.07) is 6.77. The molecule has 1 unspecified atom stereocenters. The number of aliphatic hydroxyl groups is 1. The van der Waals surface area contributed by atoms with Gasteiger partial charge in [0, 0.05) is 24.1 Å². The zero-order valence-corrected chi connectivity index (χ0v) is 18.1. The van der Waals surface area contributed by atoms with Gasteiger partial charge in [0.15, 0.2) is 5.76 Å². The molecule has 1 amide bonds. The molecule has 1 aliphatic heterocycles. The first-order chi connectivity index (χ1) is 15.6. The molecule has 1 aliphatic rings. The van der Waals surface area contributed by atoms with Gasteiger partial charge >= 0.3 is 6.36 Å². The van der Waals surface area contributed by atoms with Crippen molar-refractivity contribution in [3.8, 4) is 5.75 Å². The number of ketones is 1. The lowest BCUT2D eigenvalue weighted by Gasteiger charge is -2.27. The third-order valence-corrected chi connectivity index (χ3v) is 5.99. The Kier molecular flexibility index (Phi) is 5.66. The molecule has 2 aromatic heterocycles. The van der Waals surface area contributed by atoms with Crippen LogP contribution in [0, 0.1) is 13.8 Å². The summed E-state index contributed by atoms with van der Waals surface area (Å²) in [5.74, 6) is -2.84. The highest BCUT2D eigenvalue weighted by molar-refractivity contribution is 7.14. The predicted octanol–water partition coefficient (Wildman–Crippen LogP) is 4.84. The number of carbonyl (C=O) groups is 2. The van der Waals surface area contributed by atoms with E-state index in [2.05, 4.69) is 14.7 Å². The Hall–Kier alpha value is -3.73. The van der Waals surface area contributed by atoms with Crippen LogP contribution in [0.2, 0.25) is 0 Å². The first-order valence-corrected chi connectivity index (χ1v) is 10.4. The van der Waals surface area contributed by atoms with Gasteiger partial charge in [-0.15, -0.1) is 24.5 Å². The van der Waals surface area contributed by atoms with Crippen molar-refractivity contribution in [2.45, 2.75) is 26.3 Å². The number of aromatic nitrogens is 2. The maximum Gasteiger partial charge on any atom is 0.573 e. The number of rotatable bonds is 5. The molecule has 3 heterocycles. The Labute approximate surface area is 189 Å². The largest absolute Gasteiger partial charge is 0.573 e. The first kappa shape index (κ1) is 22.5. The second-order valence-corrected chi connectivity index (χ2v) is 8.35. The van der Waals surface area contributed by atoms with E-state index in [0.717, 1.165) is 28.4 Å². The average Bonchev–Trinajstić information content (AvgIpc) is 3.23. The molecular weight excluding hydrogens is 459 g/mol. The van der Waals surface area contributed by atoms with Crippen molar-refractivity contribution in [3.05, 3.63) is 81.3 Å². The minimum atomic E-state index is -4.93. The number of aryl methyl sites for hydroxylation is 2. The van der Waals surface area contributed by atoms with Gasteiger partial charge in [0.1, 0.15) is 5.75 Å². The molecule has 4 rings (SSSR count). The number of anilines is 1. The van der Waals surface area contributed by atoms with E-state index in [0.29, 0.717) is 16.3 Å². The lowest BCUT2D eigenvalue weighted by molar-refractivity contribution is -0.274. The maximum absolute atomic E-state index is 13.4. The number of ether oxygens (including phenoxy) is 1. The van der Waals surface area contributed by atoms with Gasteiger partial charge in [-0.2, -0.15) is 0 Å². The van der Waals surface area contributed by atoms with Crippen molar-refractivity contribution in [2.24, 2.45) is 0 Å². The van der Waals surface area contributed by atoms with E-state index in [4.69, 9.17) is 0 Å². The van der Waals surface area contributed by atoms with Gasteiger partial charge in [-0.05, 0) is 43.7 Å². The highest BCUT2D eigenvalue weighted by atomic mass is 32.1. The average molecular weight is 475 g/mol. The van der Waals surface area contributed by atoms with E-state index in [1.54, 1.807) is 26.0 Å². The van der Waals surface area contributed by atoms with Crippen molar-refractivity contribution >= 4 is 28.7 Å². The van der Waals surface area contributed by atoms with Crippen molar-refractivity contribution in [3.63, 3.8) is 0 Å². The number of thiazole rings is 1. The summed E-state index contributed by atoms with van der Waals surface area (Å²) in [7, 11) is 0. The van der Waals surface area contributed by atoms with Gasteiger partial charge in [0.25, 0.3) is 5.91 Å². The standard InChI is InChI=1S/C22H16F3N3O4S/c1-11-20(33-12(2)27-11)18(29)16-17(13-6-8-26-9-7-13)28(21(31)19(16)30)14-4-3-5-15(10-14)32-22(23,24)25/h3-10,17,30H,1-2H3. The number of alkyl halides is 3. The third-order valence-electron chi connectivity index (χ3n) is 4.91. The van der Waals surface area contributed by atoms with Gasteiger partial charge in [-0.25, -0.2) is 4.98 Å². The summed E-state index contributed by atoms with van der Waals surface area (Å²) in [4.78, 5) is 36.0. The number of nitrogens with zero attached hydrogens (tertiary/aromatic N) is 3. The van der Waals surface area contributed by atoms with Crippen molar-refractivity contribution in [1.29, 1.82) is 0 Å². The molecule has 0 saturated carbocycles. The smallest absolute Gasteiger partial charge is 0.503 e. The van der Waals surface area contributed by atoms with E-state index in [-0.39, 0.29) is 16.1 Å². The molecule has 1 N–H and O–H groups in total. The van der Waals surface area contributed by atoms with Gasteiger partial charge in [-0.3, -0.25) is 19.5 Å². The Morgan fingerprint density at radius 1 is 1.18 bits per heavy atom. The van der Waals surface area contributed by atoms with Crippen molar-refractivity contribution in [2.75, 3.05) is 4.90 Å². The summed E-state index contributed by atoms with van der Waals surface area (Å²) in [6.45, 7) is 3.36. The molecule has 170 valence electrons. The number of hydrogen-bond donors (Lipinski definition) is 1. The molecule has 3 aromatic rings. The minimum absolute atomic E-state index is 0.00937. The fourth-order valence-corrected chi connectivity index (χ4v) is 4.53. The van der Waals surface area contributed by atoms with Crippen LogP contribution in [0.3, 0.4) is 0 Å². The van der Waals surface area contributed by atoms with Crippen LogP contribution in [0.4, 0.5) is 18.9 Å². The number of pyridine rings is 1. The molecule has 0 spiro atoms. The van der Waals surface area contributed by atoms with Gasteiger partial charge in [0.05, 0.1) is 27.2 Å². The minimum Gasteiger partial charge on any atom is -0.503 e. The summed E-state index contributed by atoms with van der Waals surface area (Å²) in [5.41, 5.74) is 0.699. The fraction of sp³-hybridized carbons (Fsp3) is 0.182. The van der Waals surface area contributed by atoms with Crippen LogP contribution >= 0.6 is 11.3 Å². The number of amides is 1. The van der Waals surface area contributed by atoms with Crippen LogP contribution in [0.5, 0.6) is 5.75 Å². The SMILES string of the molecule is Cc1nc(C)c(C(=O)C2=C(O)C(=O)N(c3cccc(OC(F)(F)F)c3)C2c2ccncc2)s1. The molecule has 11 heteroatoms. The number of aliphatic hydroxyl groups excluding tert-OH is 1. The molecule has 1 aromatic carbocycles. The highest BCUT2D eigenvalue weighted by Crippen LogP contribution is 2.43. The van der Waals surface area contributed by atoms with Crippen molar-refractivity contribution in [1.82, 2.24) is 9.97 Å². The first-order valence-electron chi connectivity index (χ1n) is 9.58. The van der Waals surface area contributed by atoms with Crippen molar-refractivity contribution < 1.29 is 32.6 Å². The second kappa shape index (κ2) is 8.32. The number of halogens is 3. The molecule has 1 atom stereocenters. The van der Waals surface area contributed by atoms with E-state index in [1.807, 2.05) is 0 Å². The fourth-order valence-electron chi connectivity index (χ4n) is 3.66. The number of hydrogen-bond acceptors (Lipinski definition) is 7. The van der Waals surface area contributed by atoms with Crippen LogP contribution in [0.1, 0.15) is 32.0 Å². The zero-order chi connectivity index (χ0) is 23.9. The normalized spacial score (nSPS) is 16.5. The molecule has 0 fully saturated rings. The summed E-state index contributed by atoms with van der Waals surface area (Å²) >= 11 is 1.12. The molecule has 0 saturated heterocycles. The van der Waals surface area contributed by atoms with E-state index >= 15 is 0 Å². The van der Waals surface area contributed by atoms with E-state index in [9.17, 15) is 27.9 Å². The Balaban J connectivity index is 1.84. The second-order valence-electron chi connectivity index (χ2n) is 7.14. The maximum atomic E-state index is 13.4. The van der Waals surface area contributed by atoms with Gasteiger partial charge in [0.2, 0.25) is 5.78 Å².